The standard InChI is InChI=1S/C16H18N4O3S/c1-9-5-4-6-10(7-9)11(21)8-24-15-17-12-13(18-15)19(2)16(23)20(3)14(12)22/h6-7H,4-5,8H2,1-3H3,(H,17,18). The molecule has 1 aliphatic carbocycles. The average Bonchev–Trinajstić information content (AvgIpc) is 3.00. The number of aryl methyl sites for hydroxylation is 1. The maximum Gasteiger partial charge on any atom is 0.332 e. The lowest BCUT2D eigenvalue weighted by atomic mass is 9.99. The van der Waals surface area contributed by atoms with E-state index < -0.39 is 11.2 Å². The normalized spacial score (nSPS) is 14.6. The van der Waals surface area contributed by atoms with Crippen LogP contribution in [0.2, 0.25) is 0 Å². The van der Waals surface area contributed by atoms with Gasteiger partial charge in [-0.15, -0.1) is 0 Å². The minimum atomic E-state index is -0.431. The number of Topliss-reactive ketones (excluding diaryl/α,β-unsaturated/α-hetero) is 1. The van der Waals surface area contributed by atoms with Crippen LogP contribution in [0.1, 0.15) is 19.8 Å². The molecule has 0 saturated carbocycles. The van der Waals surface area contributed by atoms with Crippen molar-refractivity contribution in [3.8, 4) is 0 Å². The third kappa shape index (κ3) is 2.89. The Morgan fingerprint density at radius 2 is 2.08 bits per heavy atom. The Morgan fingerprint density at radius 1 is 1.33 bits per heavy atom. The van der Waals surface area contributed by atoms with Crippen LogP contribution in [-0.2, 0) is 18.9 Å². The monoisotopic (exact) mass is 346 g/mol. The van der Waals surface area contributed by atoms with E-state index in [1.807, 2.05) is 19.1 Å². The van der Waals surface area contributed by atoms with Gasteiger partial charge in [-0.2, -0.15) is 0 Å². The molecule has 126 valence electrons. The number of imidazole rings is 1. The Hall–Kier alpha value is -2.35. The molecule has 2 aromatic heterocycles. The highest BCUT2D eigenvalue weighted by Crippen LogP contribution is 2.21. The zero-order valence-electron chi connectivity index (χ0n) is 13.8. The molecule has 2 heterocycles. The highest BCUT2D eigenvalue weighted by Gasteiger charge is 2.16. The minimum Gasteiger partial charge on any atom is -0.327 e. The summed E-state index contributed by atoms with van der Waals surface area (Å²) in [5.41, 5.74) is 1.64. The van der Waals surface area contributed by atoms with Crippen molar-refractivity contribution in [2.75, 3.05) is 5.75 Å². The molecule has 0 bridgehead atoms. The Balaban J connectivity index is 1.84. The number of carbonyl (C=O) groups is 1. The fourth-order valence-electron chi connectivity index (χ4n) is 2.64. The van der Waals surface area contributed by atoms with Crippen molar-refractivity contribution in [2.45, 2.75) is 24.9 Å². The number of thioether (sulfide) groups is 1. The van der Waals surface area contributed by atoms with Crippen LogP contribution in [0.15, 0.2) is 38.0 Å². The van der Waals surface area contributed by atoms with Gasteiger partial charge in [-0.1, -0.05) is 29.5 Å². The van der Waals surface area contributed by atoms with E-state index in [0.29, 0.717) is 10.8 Å². The first-order valence-corrected chi connectivity index (χ1v) is 8.56. The summed E-state index contributed by atoms with van der Waals surface area (Å²) >= 11 is 1.23. The largest absolute Gasteiger partial charge is 0.332 e. The first kappa shape index (κ1) is 16.5. The fraction of sp³-hybridized carbons (Fsp3) is 0.375. The lowest BCUT2D eigenvalue weighted by Gasteiger charge is -2.09. The van der Waals surface area contributed by atoms with Gasteiger partial charge in [0.15, 0.2) is 22.1 Å². The van der Waals surface area contributed by atoms with E-state index in [1.165, 1.54) is 28.9 Å². The quantitative estimate of drug-likeness (QED) is 0.843. The molecule has 0 radical (unpaired) electrons. The zero-order valence-corrected chi connectivity index (χ0v) is 14.6. The SMILES string of the molecule is CC1=CC(C(=O)CSc2nc3c([nH]2)c(=O)n(C)c(=O)n3C)=CCC1. The van der Waals surface area contributed by atoms with Crippen molar-refractivity contribution in [2.24, 2.45) is 14.1 Å². The van der Waals surface area contributed by atoms with Crippen LogP contribution in [-0.4, -0.2) is 30.6 Å². The fourth-order valence-corrected chi connectivity index (χ4v) is 3.40. The number of ketones is 1. The van der Waals surface area contributed by atoms with E-state index in [-0.39, 0.29) is 17.1 Å². The van der Waals surface area contributed by atoms with Gasteiger partial charge in [0.25, 0.3) is 5.56 Å². The molecule has 0 atom stereocenters. The Kier molecular flexibility index (Phi) is 4.31. The van der Waals surface area contributed by atoms with Crippen molar-refractivity contribution in [3.63, 3.8) is 0 Å². The number of nitrogens with one attached hydrogen (secondary N) is 1. The molecule has 0 aliphatic heterocycles. The number of hydrogen-bond donors (Lipinski definition) is 1. The van der Waals surface area contributed by atoms with Crippen LogP contribution >= 0.6 is 11.8 Å². The van der Waals surface area contributed by atoms with E-state index >= 15 is 0 Å². The van der Waals surface area contributed by atoms with Gasteiger partial charge in [0, 0.05) is 19.7 Å². The lowest BCUT2D eigenvalue weighted by molar-refractivity contribution is -0.113. The second kappa shape index (κ2) is 6.27. The lowest BCUT2D eigenvalue weighted by Crippen LogP contribution is -2.36. The summed E-state index contributed by atoms with van der Waals surface area (Å²) in [5.74, 6) is 0.255. The van der Waals surface area contributed by atoms with Crippen LogP contribution in [0.5, 0.6) is 0 Å². The minimum absolute atomic E-state index is 0.0290. The van der Waals surface area contributed by atoms with Gasteiger partial charge in [0.1, 0.15) is 0 Å². The molecular weight excluding hydrogens is 328 g/mol. The summed E-state index contributed by atoms with van der Waals surface area (Å²) in [6, 6.07) is 0. The number of allylic oxidation sites excluding steroid dienone is 4. The van der Waals surface area contributed by atoms with Crippen LogP contribution in [0.4, 0.5) is 0 Å². The molecule has 8 heteroatoms. The number of aromatic nitrogens is 4. The third-order valence-electron chi connectivity index (χ3n) is 4.04. The van der Waals surface area contributed by atoms with Gasteiger partial charge >= 0.3 is 5.69 Å². The number of rotatable bonds is 4. The molecule has 0 spiro atoms. The highest BCUT2D eigenvalue weighted by molar-refractivity contribution is 7.99. The van der Waals surface area contributed by atoms with Crippen LogP contribution in [0.25, 0.3) is 11.2 Å². The Labute approximate surface area is 142 Å². The van der Waals surface area contributed by atoms with Crippen LogP contribution < -0.4 is 11.2 Å². The molecule has 24 heavy (non-hydrogen) atoms. The number of aromatic amines is 1. The summed E-state index contributed by atoms with van der Waals surface area (Å²) in [5, 5.41) is 0.453. The summed E-state index contributed by atoms with van der Waals surface area (Å²) < 4.78 is 2.34. The number of H-pyrrole nitrogens is 1. The summed E-state index contributed by atoms with van der Waals surface area (Å²) in [6.07, 6.45) is 5.75. The van der Waals surface area contributed by atoms with E-state index in [4.69, 9.17) is 0 Å². The van der Waals surface area contributed by atoms with Gasteiger partial charge in [0.05, 0.1) is 5.75 Å². The predicted octanol–water partition coefficient (Wildman–Crippen LogP) is 1.29. The Bertz CT molecular complexity index is 1010. The number of carbonyl (C=O) groups excluding carboxylic acids is 1. The molecule has 3 rings (SSSR count). The van der Waals surface area contributed by atoms with Gasteiger partial charge < -0.3 is 4.98 Å². The number of nitrogens with zero attached hydrogens (tertiary/aromatic N) is 3. The molecular formula is C16H18N4O3S. The molecule has 1 aliphatic rings. The summed E-state index contributed by atoms with van der Waals surface area (Å²) in [6.45, 7) is 2.02. The van der Waals surface area contributed by atoms with Gasteiger partial charge in [-0.3, -0.25) is 18.7 Å². The van der Waals surface area contributed by atoms with E-state index in [0.717, 1.165) is 23.0 Å². The second-order valence-corrected chi connectivity index (χ2v) is 6.81. The van der Waals surface area contributed by atoms with E-state index in [1.54, 1.807) is 7.05 Å². The summed E-state index contributed by atoms with van der Waals surface area (Å²) in [7, 11) is 2.98. The van der Waals surface area contributed by atoms with E-state index in [9.17, 15) is 14.4 Å². The van der Waals surface area contributed by atoms with Crippen molar-refractivity contribution >= 4 is 28.7 Å². The first-order valence-electron chi connectivity index (χ1n) is 7.57. The molecule has 2 aromatic rings. The number of fused-ring (bicyclic) bond motifs is 1. The molecule has 0 aromatic carbocycles. The highest BCUT2D eigenvalue weighted by atomic mass is 32.2. The predicted molar refractivity (Wildman–Crippen MR) is 93.4 cm³/mol. The van der Waals surface area contributed by atoms with Crippen molar-refractivity contribution in [1.29, 1.82) is 0 Å². The third-order valence-corrected chi connectivity index (χ3v) is 4.91. The average molecular weight is 346 g/mol. The maximum atomic E-state index is 12.3. The molecule has 7 nitrogen and oxygen atoms in total. The first-order chi connectivity index (χ1) is 11.4. The molecule has 0 amide bonds. The molecule has 0 saturated heterocycles. The second-order valence-electron chi connectivity index (χ2n) is 5.85. The molecule has 0 fully saturated rings. The van der Waals surface area contributed by atoms with Crippen molar-refractivity contribution in [3.05, 3.63) is 44.1 Å². The van der Waals surface area contributed by atoms with Crippen LogP contribution in [0.3, 0.4) is 0 Å². The molecule has 0 unspecified atom stereocenters. The van der Waals surface area contributed by atoms with E-state index in [2.05, 4.69) is 9.97 Å². The smallest absolute Gasteiger partial charge is 0.327 e. The van der Waals surface area contributed by atoms with Crippen LogP contribution in [0, 0.1) is 0 Å². The topological polar surface area (TPSA) is 89.8 Å². The maximum absolute atomic E-state index is 12.3. The molecule has 1 N–H and O–H groups in total. The van der Waals surface area contributed by atoms with Gasteiger partial charge in [-0.05, 0) is 19.8 Å². The summed E-state index contributed by atoms with van der Waals surface area (Å²) in [4.78, 5) is 43.5. The van der Waals surface area contributed by atoms with Crippen molar-refractivity contribution in [1.82, 2.24) is 19.1 Å². The van der Waals surface area contributed by atoms with Gasteiger partial charge in [-0.25, -0.2) is 9.78 Å². The van der Waals surface area contributed by atoms with Gasteiger partial charge in [0.2, 0.25) is 0 Å². The zero-order chi connectivity index (χ0) is 17.4. The van der Waals surface area contributed by atoms with Crippen molar-refractivity contribution < 1.29 is 4.79 Å². The number of hydrogen-bond acceptors (Lipinski definition) is 5. The Morgan fingerprint density at radius 3 is 2.79 bits per heavy atom.